The lowest BCUT2D eigenvalue weighted by atomic mass is 10.00. The quantitative estimate of drug-likeness (QED) is 0.875. The summed E-state index contributed by atoms with van der Waals surface area (Å²) < 4.78 is 5.81. The van der Waals surface area contributed by atoms with E-state index in [9.17, 15) is 4.79 Å². The van der Waals surface area contributed by atoms with Crippen molar-refractivity contribution in [2.75, 3.05) is 0 Å². The third-order valence-electron chi connectivity index (χ3n) is 4.13. The summed E-state index contributed by atoms with van der Waals surface area (Å²) in [5, 5.41) is 3.04. The molecule has 24 heavy (non-hydrogen) atoms. The molecule has 0 aliphatic heterocycles. The number of aryl methyl sites for hydroxylation is 4. The molecule has 0 aliphatic carbocycles. The molecule has 0 heterocycles. The van der Waals surface area contributed by atoms with Crippen molar-refractivity contribution in [1.29, 1.82) is 0 Å². The zero-order chi connectivity index (χ0) is 17.9. The molecule has 0 radical (unpaired) electrons. The van der Waals surface area contributed by atoms with E-state index in [1.807, 2.05) is 32.9 Å². The topological polar surface area (TPSA) is 38.3 Å². The first-order valence-corrected chi connectivity index (χ1v) is 8.38. The SMILES string of the molecule is Cc1cc(C)cc(O[C@H](C)C(=O)N[C@@H](C)c2ccc(C)cc2C)c1. The van der Waals surface area contributed by atoms with Crippen molar-refractivity contribution in [2.45, 2.75) is 53.7 Å². The number of amides is 1. The molecule has 2 aromatic carbocycles. The fourth-order valence-electron chi connectivity index (χ4n) is 2.98. The predicted octanol–water partition coefficient (Wildman–Crippen LogP) is 4.56. The smallest absolute Gasteiger partial charge is 0.261 e. The number of hydrogen-bond donors (Lipinski definition) is 1. The van der Waals surface area contributed by atoms with Gasteiger partial charge < -0.3 is 10.1 Å². The average Bonchev–Trinajstić information content (AvgIpc) is 2.45. The molecule has 2 atom stereocenters. The zero-order valence-corrected chi connectivity index (χ0v) is 15.4. The Morgan fingerprint density at radius 2 is 1.54 bits per heavy atom. The minimum absolute atomic E-state index is 0.0524. The second-order valence-electron chi connectivity index (χ2n) is 6.67. The van der Waals surface area contributed by atoms with Crippen LogP contribution in [0.1, 0.15) is 47.7 Å². The fraction of sp³-hybridized carbons (Fsp3) is 0.381. The highest BCUT2D eigenvalue weighted by atomic mass is 16.5. The minimum Gasteiger partial charge on any atom is -0.481 e. The van der Waals surface area contributed by atoms with Crippen LogP contribution in [0.15, 0.2) is 36.4 Å². The highest BCUT2D eigenvalue weighted by Crippen LogP contribution is 2.20. The average molecular weight is 325 g/mol. The number of ether oxygens (including phenoxy) is 1. The van der Waals surface area contributed by atoms with Crippen molar-refractivity contribution in [3.63, 3.8) is 0 Å². The van der Waals surface area contributed by atoms with Crippen LogP contribution in [0.4, 0.5) is 0 Å². The van der Waals surface area contributed by atoms with Crippen molar-refractivity contribution in [3.05, 3.63) is 64.2 Å². The Labute approximate surface area is 145 Å². The lowest BCUT2D eigenvalue weighted by molar-refractivity contribution is -0.127. The summed E-state index contributed by atoms with van der Waals surface area (Å²) in [4.78, 5) is 12.4. The molecule has 1 amide bonds. The van der Waals surface area contributed by atoms with Crippen LogP contribution in [0.5, 0.6) is 5.75 Å². The van der Waals surface area contributed by atoms with Crippen LogP contribution in [-0.4, -0.2) is 12.0 Å². The molecule has 3 heteroatoms. The molecule has 1 N–H and O–H groups in total. The van der Waals surface area contributed by atoms with E-state index in [1.165, 1.54) is 11.1 Å². The van der Waals surface area contributed by atoms with Crippen LogP contribution in [-0.2, 0) is 4.79 Å². The van der Waals surface area contributed by atoms with Gasteiger partial charge in [-0.3, -0.25) is 4.79 Å². The van der Waals surface area contributed by atoms with Gasteiger partial charge in [0.1, 0.15) is 5.75 Å². The summed E-state index contributed by atoms with van der Waals surface area (Å²) >= 11 is 0. The third-order valence-corrected chi connectivity index (χ3v) is 4.13. The van der Waals surface area contributed by atoms with Crippen molar-refractivity contribution in [3.8, 4) is 5.75 Å². The van der Waals surface area contributed by atoms with Crippen LogP contribution < -0.4 is 10.1 Å². The Morgan fingerprint density at radius 3 is 2.12 bits per heavy atom. The molecule has 2 rings (SSSR count). The van der Waals surface area contributed by atoms with Crippen molar-refractivity contribution in [1.82, 2.24) is 5.32 Å². The summed E-state index contributed by atoms with van der Waals surface area (Å²) in [5.41, 5.74) is 5.79. The van der Waals surface area contributed by atoms with Gasteiger partial charge in [0.25, 0.3) is 5.91 Å². The first-order valence-electron chi connectivity index (χ1n) is 8.38. The van der Waals surface area contributed by atoms with Crippen LogP contribution in [0.2, 0.25) is 0 Å². The van der Waals surface area contributed by atoms with Crippen molar-refractivity contribution in [2.24, 2.45) is 0 Å². The molecule has 0 spiro atoms. The van der Waals surface area contributed by atoms with E-state index in [0.29, 0.717) is 0 Å². The summed E-state index contributed by atoms with van der Waals surface area (Å²) in [7, 11) is 0. The Hall–Kier alpha value is -2.29. The van der Waals surface area contributed by atoms with Crippen LogP contribution in [0, 0.1) is 27.7 Å². The van der Waals surface area contributed by atoms with Crippen LogP contribution in [0.25, 0.3) is 0 Å². The van der Waals surface area contributed by atoms with Gasteiger partial charge in [0.05, 0.1) is 6.04 Å². The number of hydrogen-bond acceptors (Lipinski definition) is 2. The predicted molar refractivity (Wildman–Crippen MR) is 98.5 cm³/mol. The highest BCUT2D eigenvalue weighted by molar-refractivity contribution is 5.81. The highest BCUT2D eigenvalue weighted by Gasteiger charge is 2.18. The van der Waals surface area contributed by atoms with Gasteiger partial charge in [0.2, 0.25) is 0 Å². The molecule has 0 saturated carbocycles. The summed E-state index contributed by atoms with van der Waals surface area (Å²) in [5.74, 6) is 0.621. The second kappa shape index (κ2) is 7.52. The summed E-state index contributed by atoms with van der Waals surface area (Å²) in [6.45, 7) is 12.0. The maximum atomic E-state index is 12.4. The van der Waals surface area contributed by atoms with Gasteiger partial charge in [-0.1, -0.05) is 29.8 Å². The lowest BCUT2D eigenvalue weighted by Gasteiger charge is -2.21. The monoisotopic (exact) mass is 325 g/mol. The van der Waals surface area contributed by atoms with E-state index >= 15 is 0 Å². The van der Waals surface area contributed by atoms with Crippen LogP contribution >= 0.6 is 0 Å². The van der Waals surface area contributed by atoms with Gasteiger partial charge in [-0.05, 0) is 75.9 Å². The number of carbonyl (C=O) groups is 1. The first-order chi connectivity index (χ1) is 11.3. The Morgan fingerprint density at radius 1 is 0.917 bits per heavy atom. The van der Waals surface area contributed by atoms with E-state index in [0.717, 1.165) is 22.4 Å². The van der Waals surface area contributed by atoms with Crippen molar-refractivity contribution < 1.29 is 9.53 Å². The van der Waals surface area contributed by atoms with Gasteiger partial charge in [-0.2, -0.15) is 0 Å². The standard InChI is InChI=1S/C21H27NO2/c1-13-7-8-20(16(4)10-13)17(5)22-21(23)18(6)24-19-11-14(2)9-15(3)12-19/h7-12,17-18H,1-6H3,(H,22,23)/t17-,18+/m0/s1. The van der Waals surface area contributed by atoms with E-state index < -0.39 is 6.10 Å². The molecule has 0 bridgehead atoms. The van der Waals surface area contributed by atoms with Crippen molar-refractivity contribution >= 4 is 5.91 Å². The van der Waals surface area contributed by atoms with E-state index in [-0.39, 0.29) is 11.9 Å². The van der Waals surface area contributed by atoms with Gasteiger partial charge in [-0.25, -0.2) is 0 Å². The summed E-state index contributed by atoms with van der Waals surface area (Å²) in [6.07, 6.45) is -0.542. The molecule has 2 aromatic rings. The fourth-order valence-corrected chi connectivity index (χ4v) is 2.98. The molecular formula is C21H27NO2. The molecule has 0 unspecified atom stereocenters. The maximum Gasteiger partial charge on any atom is 0.261 e. The van der Waals surface area contributed by atoms with Gasteiger partial charge in [0.15, 0.2) is 6.10 Å². The third kappa shape index (κ3) is 4.60. The molecule has 3 nitrogen and oxygen atoms in total. The van der Waals surface area contributed by atoms with E-state index in [2.05, 4.69) is 43.4 Å². The number of nitrogens with one attached hydrogen (secondary N) is 1. The van der Waals surface area contributed by atoms with E-state index in [4.69, 9.17) is 4.74 Å². The molecular weight excluding hydrogens is 298 g/mol. The lowest BCUT2D eigenvalue weighted by Crippen LogP contribution is -2.38. The Bertz CT molecular complexity index is 716. The zero-order valence-electron chi connectivity index (χ0n) is 15.4. The minimum atomic E-state index is -0.542. The molecule has 0 saturated heterocycles. The van der Waals surface area contributed by atoms with Gasteiger partial charge in [0, 0.05) is 0 Å². The maximum absolute atomic E-state index is 12.4. The Kier molecular flexibility index (Phi) is 5.66. The van der Waals surface area contributed by atoms with Crippen LogP contribution in [0.3, 0.4) is 0 Å². The second-order valence-corrected chi connectivity index (χ2v) is 6.67. The molecule has 128 valence electrons. The molecule has 0 aromatic heterocycles. The van der Waals surface area contributed by atoms with E-state index in [1.54, 1.807) is 6.92 Å². The molecule has 0 aliphatic rings. The first kappa shape index (κ1) is 18.1. The van der Waals surface area contributed by atoms with Gasteiger partial charge >= 0.3 is 0 Å². The number of rotatable bonds is 5. The number of benzene rings is 2. The summed E-state index contributed by atoms with van der Waals surface area (Å²) in [6, 6.07) is 12.2. The normalized spacial score (nSPS) is 13.2. The molecule has 0 fully saturated rings. The largest absolute Gasteiger partial charge is 0.481 e. The Balaban J connectivity index is 2.02. The number of carbonyl (C=O) groups excluding carboxylic acids is 1. The van der Waals surface area contributed by atoms with Gasteiger partial charge in [-0.15, -0.1) is 0 Å².